The van der Waals surface area contributed by atoms with Gasteiger partial charge in [-0.3, -0.25) is 0 Å². The molecule has 2 N–H and O–H groups in total. The molecule has 12 heavy (non-hydrogen) atoms. The van der Waals surface area contributed by atoms with E-state index in [1.807, 2.05) is 0 Å². The first-order valence-corrected chi connectivity index (χ1v) is 4.19. The molecule has 70 valence electrons. The van der Waals surface area contributed by atoms with E-state index in [2.05, 4.69) is 5.92 Å². The molecule has 1 unspecified atom stereocenters. The molecule has 0 aliphatic heterocycles. The predicted octanol–water partition coefficient (Wildman–Crippen LogP) is 1.31. The van der Waals surface area contributed by atoms with Crippen LogP contribution in [0.1, 0.15) is 40.0 Å². The molecule has 0 saturated carbocycles. The van der Waals surface area contributed by atoms with Gasteiger partial charge in [-0.25, -0.2) is 0 Å². The fourth-order valence-corrected chi connectivity index (χ4v) is 0.937. The van der Waals surface area contributed by atoms with Crippen LogP contribution in [0.3, 0.4) is 0 Å². The van der Waals surface area contributed by atoms with E-state index in [-0.39, 0.29) is 0 Å². The van der Waals surface area contributed by atoms with Gasteiger partial charge in [0.1, 0.15) is 5.60 Å². The maximum Gasteiger partial charge on any atom is 0.122 e. The summed E-state index contributed by atoms with van der Waals surface area (Å²) in [4.78, 5) is 0. The third kappa shape index (κ3) is 6.21. The molecule has 0 saturated heterocycles. The molecule has 0 radical (unpaired) electrons. The monoisotopic (exact) mass is 170 g/mol. The Labute approximate surface area is 74.6 Å². The Morgan fingerprint density at radius 1 is 1.17 bits per heavy atom. The van der Waals surface area contributed by atoms with Gasteiger partial charge in [-0.1, -0.05) is 5.92 Å². The average molecular weight is 170 g/mol. The van der Waals surface area contributed by atoms with Crippen LogP contribution >= 0.6 is 0 Å². The second kappa shape index (κ2) is 3.93. The van der Waals surface area contributed by atoms with Gasteiger partial charge in [0.15, 0.2) is 0 Å². The SMILES string of the molecule is C#CC(C)(O)CCCC(C)(C)O. The van der Waals surface area contributed by atoms with Crippen LogP contribution in [0.25, 0.3) is 0 Å². The van der Waals surface area contributed by atoms with Gasteiger partial charge < -0.3 is 10.2 Å². The summed E-state index contributed by atoms with van der Waals surface area (Å²) in [6.45, 7) is 5.10. The van der Waals surface area contributed by atoms with Crippen molar-refractivity contribution in [3.63, 3.8) is 0 Å². The minimum absolute atomic E-state index is 0.535. The van der Waals surface area contributed by atoms with Crippen LogP contribution in [0.2, 0.25) is 0 Å². The molecule has 0 aromatic rings. The second-order valence-electron chi connectivity index (χ2n) is 4.08. The first-order valence-electron chi connectivity index (χ1n) is 4.19. The van der Waals surface area contributed by atoms with Crippen LogP contribution in [0, 0.1) is 12.3 Å². The van der Waals surface area contributed by atoms with Crippen molar-refractivity contribution >= 4 is 0 Å². The third-order valence-electron chi connectivity index (χ3n) is 1.76. The lowest BCUT2D eigenvalue weighted by atomic mass is 9.95. The van der Waals surface area contributed by atoms with E-state index in [9.17, 15) is 10.2 Å². The number of hydrogen-bond acceptors (Lipinski definition) is 2. The van der Waals surface area contributed by atoms with Gasteiger partial charge in [0, 0.05) is 0 Å². The van der Waals surface area contributed by atoms with Gasteiger partial charge in [0.25, 0.3) is 0 Å². The van der Waals surface area contributed by atoms with Gasteiger partial charge in [0.05, 0.1) is 5.60 Å². The van der Waals surface area contributed by atoms with E-state index in [1.165, 1.54) is 0 Å². The Kier molecular flexibility index (Phi) is 3.76. The van der Waals surface area contributed by atoms with Gasteiger partial charge >= 0.3 is 0 Å². The van der Waals surface area contributed by atoms with Crippen LogP contribution in [0.5, 0.6) is 0 Å². The molecule has 2 heteroatoms. The van der Waals surface area contributed by atoms with Crippen molar-refractivity contribution < 1.29 is 10.2 Å². The van der Waals surface area contributed by atoms with Crippen LogP contribution in [0.4, 0.5) is 0 Å². The number of hydrogen-bond donors (Lipinski definition) is 2. The molecule has 0 rings (SSSR count). The summed E-state index contributed by atoms with van der Waals surface area (Å²) in [6, 6.07) is 0. The molecule has 0 aromatic carbocycles. The van der Waals surface area contributed by atoms with Crippen molar-refractivity contribution in [1.29, 1.82) is 0 Å². The Morgan fingerprint density at radius 2 is 1.67 bits per heavy atom. The molecule has 0 heterocycles. The van der Waals surface area contributed by atoms with Crippen molar-refractivity contribution in [3.8, 4) is 12.3 Å². The lowest BCUT2D eigenvalue weighted by Gasteiger charge is -2.20. The summed E-state index contributed by atoms with van der Waals surface area (Å²) in [5.41, 5.74) is -1.68. The van der Waals surface area contributed by atoms with Gasteiger partial charge in [-0.2, -0.15) is 0 Å². The smallest absolute Gasteiger partial charge is 0.122 e. The minimum Gasteiger partial charge on any atom is -0.390 e. The molecular formula is C10H18O2. The molecule has 0 aliphatic rings. The summed E-state index contributed by atoms with van der Waals surface area (Å²) in [5.74, 6) is 2.30. The van der Waals surface area contributed by atoms with Crippen LogP contribution < -0.4 is 0 Å². The summed E-state index contributed by atoms with van der Waals surface area (Å²) < 4.78 is 0. The largest absolute Gasteiger partial charge is 0.390 e. The van der Waals surface area contributed by atoms with E-state index in [4.69, 9.17) is 6.42 Å². The maximum atomic E-state index is 9.40. The lowest BCUT2D eigenvalue weighted by molar-refractivity contribution is 0.0550. The predicted molar refractivity (Wildman–Crippen MR) is 49.6 cm³/mol. The average Bonchev–Trinajstić information content (AvgIpc) is 1.84. The fraction of sp³-hybridized carbons (Fsp3) is 0.800. The van der Waals surface area contributed by atoms with E-state index in [1.54, 1.807) is 20.8 Å². The zero-order chi connectivity index (χ0) is 9.83. The molecule has 1 atom stereocenters. The molecule has 0 fully saturated rings. The standard InChI is InChI=1S/C10H18O2/c1-5-10(4,12)8-6-7-9(2,3)11/h1,11-12H,6-8H2,2-4H3. The highest BCUT2D eigenvalue weighted by Gasteiger charge is 2.18. The van der Waals surface area contributed by atoms with Crippen LogP contribution in [-0.4, -0.2) is 21.4 Å². The Hall–Kier alpha value is -0.520. The summed E-state index contributed by atoms with van der Waals surface area (Å²) in [5, 5.41) is 18.8. The normalized spacial score (nSPS) is 16.7. The summed E-state index contributed by atoms with van der Waals surface area (Å²) in [7, 11) is 0. The second-order valence-corrected chi connectivity index (χ2v) is 4.08. The van der Waals surface area contributed by atoms with E-state index in [0.29, 0.717) is 12.8 Å². The fourth-order valence-electron chi connectivity index (χ4n) is 0.937. The van der Waals surface area contributed by atoms with E-state index >= 15 is 0 Å². The molecule has 2 nitrogen and oxygen atoms in total. The van der Waals surface area contributed by atoms with Gasteiger partial charge in [-0.05, 0) is 40.0 Å². The first kappa shape index (κ1) is 11.5. The topological polar surface area (TPSA) is 40.5 Å². The molecule has 0 bridgehead atoms. The number of terminal acetylenes is 1. The van der Waals surface area contributed by atoms with Crippen molar-refractivity contribution in [2.45, 2.75) is 51.2 Å². The maximum absolute atomic E-state index is 9.40. The Bertz CT molecular complexity index is 169. The van der Waals surface area contributed by atoms with E-state index in [0.717, 1.165) is 6.42 Å². The van der Waals surface area contributed by atoms with Crippen molar-refractivity contribution in [3.05, 3.63) is 0 Å². The molecule has 0 aliphatic carbocycles. The Balaban J connectivity index is 3.66. The van der Waals surface area contributed by atoms with Crippen molar-refractivity contribution in [2.75, 3.05) is 0 Å². The highest BCUT2D eigenvalue weighted by Crippen LogP contribution is 2.17. The molecule has 0 spiro atoms. The first-order chi connectivity index (χ1) is 5.27. The molecule has 0 aromatic heterocycles. The third-order valence-corrected chi connectivity index (χ3v) is 1.76. The van der Waals surface area contributed by atoms with Crippen molar-refractivity contribution in [1.82, 2.24) is 0 Å². The van der Waals surface area contributed by atoms with E-state index < -0.39 is 11.2 Å². The quantitative estimate of drug-likeness (QED) is 0.624. The van der Waals surface area contributed by atoms with Crippen molar-refractivity contribution in [2.24, 2.45) is 0 Å². The highest BCUT2D eigenvalue weighted by molar-refractivity contribution is 5.04. The Morgan fingerprint density at radius 3 is 2.00 bits per heavy atom. The van der Waals surface area contributed by atoms with Gasteiger partial charge in [0.2, 0.25) is 0 Å². The minimum atomic E-state index is -1.02. The zero-order valence-corrected chi connectivity index (χ0v) is 8.09. The van der Waals surface area contributed by atoms with Gasteiger partial charge in [-0.15, -0.1) is 6.42 Å². The highest BCUT2D eigenvalue weighted by atomic mass is 16.3. The van der Waals surface area contributed by atoms with Crippen LogP contribution in [-0.2, 0) is 0 Å². The number of aliphatic hydroxyl groups is 2. The van der Waals surface area contributed by atoms with Crippen LogP contribution in [0.15, 0.2) is 0 Å². The lowest BCUT2D eigenvalue weighted by Crippen LogP contribution is -2.24. The molecular weight excluding hydrogens is 152 g/mol. The summed E-state index contributed by atoms with van der Waals surface area (Å²) in [6.07, 6.45) is 7.02. The summed E-state index contributed by atoms with van der Waals surface area (Å²) >= 11 is 0. The number of rotatable bonds is 4. The zero-order valence-electron chi connectivity index (χ0n) is 8.09. The molecule has 0 amide bonds.